The molecule has 2 bridgehead atoms. The minimum Gasteiger partial charge on any atom is -0.454 e. The Bertz CT molecular complexity index is 949. The van der Waals surface area contributed by atoms with E-state index in [9.17, 15) is 14.9 Å². The zero-order chi connectivity index (χ0) is 19.2. The van der Waals surface area contributed by atoms with E-state index in [-0.39, 0.29) is 25.0 Å². The molecular weight excluding hydrogens is 386 g/mol. The standard InChI is InChI=1S/C18H17N3O4S2/c1-16(8-19)7-18-15(23)20(3)17(2,26-27-18)14(22)21(18)13(16)10-4-5-11-12(6-10)25-9-24-11/h4-6,13H,7,9H2,1-3H3/t13-,16+,17+,18+/m0/s1. The van der Waals surface area contributed by atoms with Crippen LogP contribution in [0.4, 0.5) is 0 Å². The average Bonchev–Trinajstić information content (AvgIpc) is 3.23. The first-order valence-electron chi connectivity index (χ1n) is 8.56. The van der Waals surface area contributed by atoms with E-state index in [0.29, 0.717) is 11.5 Å². The largest absolute Gasteiger partial charge is 0.454 e. The molecule has 1 spiro atoms. The van der Waals surface area contributed by atoms with Crippen molar-refractivity contribution < 1.29 is 19.1 Å². The lowest BCUT2D eigenvalue weighted by Crippen LogP contribution is -2.73. The third kappa shape index (κ3) is 1.85. The second-order valence-electron chi connectivity index (χ2n) is 7.69. The van der Waals surface area contributed by atoms with Crippen molar-refractivity contribution in [1.29, 1.82) is 5.26 Å². The number of nitrogens with zero attached hydrogens (tertiary/aromatic N) is 3. The topological polar surface area (TPSA) is 82.9 Å². The number of hydrogen-bond acceptors (Lipinski definition) is 7. The fourth-order valence-corrected chi connectivity index (χ4v) is 8.08. The summed E-state index contributed by atoms with van der Waals surface area (Å²) < 4.78 is 10.9. The SMILES string of the molecule is CN1C(=O)[C@]23C[C@](C)(C#N)[C@H](c4ccc5c(c4)OCO5)N2C(=O)[C@@]1(C)SS3. The molecule has 9 heteroatoms. The minimum atomic E-state index is -1.06. The molecule has 4 atom stereocenters. The number of amides is 2. The van der Waals surface area contributed by atoms with Gasteiger partial charge in [0.05, 0.1) is 17.5 Å². The summed E-state index contributed by atoms with van der Waals surface area (Å²) in [5.74, 6) is 0.998. The number of carbonyl (C=O) groups is 2. The van der Waals surface area contributed by atoms with Gasteiger partial charge in [0.1, 0.15) is 0 Å². The third-order valence-corrected chi connectivity index (χ3v) is 9.76. The molecule has 1 aromatic rings. The van der Waals surface area contributed by atoms with E-state index in [0.717, 1.165) is 5.56 Å². The molecule has 1 aromatic carbocycles. The zero-order valence-corrected chi connectivity index (χ0v) is 16.6. The van der Waals surface area contributed by atoms with Crippen molar-refractivity contribution in [2.75, 3.05) is 13.8 Å². The number of piperazine rings is 1. The van der Waals surface area contributed by atoms with Gasteiger partial charge < -0.3 is 19.3 Å². The van der Waals surface area contributed by atoms with Crippen LogP contribution in [0.25, 0.3) is 0 Å². The first-order valence-corrected chi connectivity index (χ1v) is 10.7. The number of ether oxygens (including phenoxy) is 2. The molecule has 0 aliphatic carbocycles. The average molecular weight is 403 g/mol. The fraction of sp³-hybridized carbons (Fsp3) is 0.500. The molecule has 5 heterocycles. The maximum absolute atomic E-state index is 13.5. The molecule has 5 aliphatic heterocycles. The molecule has 0 radical (unpaired) electrons. The van der Waals surface area contributed by atoms with E-state index in [4.69, 9.17) is 9.47 Å². The summed E-state index contributed by atoms with van der Waals surface area (Å²) in [4.78, 5) is 27.9. The van der Waals surface area contributed by atoms with Crippen LogP contribution in [0.5, 0.6) is 11.5 Å². The second kappa shape index (κ2) is 5.06. The number of benzene rings is 1. The lowest BCUT2D eigenvalue weighted by atomic mass is 9.79. The molecule has 2 amide bonds. The fourth-order valence-electron chi connectivity index (χ4n) is 4.50. The first kappa shape index (κ1) is 17.1. The Morgan fingerprint density at radius 3 is 2.67 bits per heavy atom. The van der Waals surface area contributed by atoms with Gasteiger partial charge in [-0.3, -0.25) is 9.59 Å². The summed E-state index contributed by atoms with van der Waals surface area (Å²) >= 11 is 0. The Kier molecular flexibility index (Phi) is 3.20. The smallest absolute Gasteiger partial charge is 0.261 e. The molecule has 6 rings (SSSR count). The van der Waals surface area contributed by atoms with Crippen LogP contribution in [0.2, 0.25) is 0 Å². The van der Waals surface area contributed by atoms with Crippen molar-refractivity contribution in [3.8, 4) is 17.6 Å². The molecule has 4 saturated heterocycles. The van der Waals surface area contributed by atoms with Crippen LogP contribution in [0.1, 0.15) is 31.9 Å². The van der Waals surface area contributed by atoms with Gasteiger partial charge in [0.2, 0.25) is 6.79 Å². The number of rotatable bonds is 1. The summed E-state index contributed by atoms with van der Waals surface area (Å²) in [6, 6.07) is 7.35. The number of nitriles is 1. The molecule has 5 aliphatic rings. The zero-order valence-electron chi connectivity index (χ0n) is 15.0. The van der Waals surface area contributed by atoms with Crippen LogP contribution in [-0.2, 0) is 9.59 Å². The number of fused-ring (bicyclic) bond motifs is 3. The van der Waals surface area contributed by atoms with Crippen molar-refractivity contribution in [3.63, 3.8) is 0 Å². The molecular formula is C18H17N3O4S2. The van der Waals surface area contributed by atoms with Gasteiger partial charge in [-0.15, -0.1) is 0 Å². The highest BCUT2D eigenvalue weighted by Crippen LogP contribution is 2.69. The Labute approximate surface area is 164 Å². The molecule has 7 nitrogen and oxygen atoms in total. The lowest BCUT2D eigenvalue weighted by molar-refractivity contribution is -0.164. The Morgan fingerprint density at radius 1 is 1.19 bits per heavy atom. The molecule has 0 aromatic heterocycles. The predicted octanol–water partition coefficient (Wildman–Crippen LogP) is 2.50. The number of hydrogen-bond donors (Lipinski definition) is 0. The number of likely N-dealkylation sites (N-methyl/N-ethyl adjacent to an activating group) is 1. The normalized spacial score (nSPS) is 39.0. The summed E-state index contributed by atoms with van der Waals surface area (Å²) in [6.07, 6.45) is 0.290. The molecule has 0 N–H and O–H groups in total. The lowest BCUT2D eigenvalue weighted by Gasteiger charge is -2.57. The van der Waals surface area contributed by atoms with Gasteiger partial charge in [0.15, 0.2) is 21.2 Å². The molecule has 140 valence electrons. The van der Waals surface area contributed by atoms with Crippen LogP contribution < -0.4 is 9.47 Å². The number of carbonyl (C=O) groups excluding carboxylic acids is 2. The highest BCUT2D eigenvalue weighted by molar-refractivity contribution is 8.78. The minimum absolute atomic E-state index is 0.113. The monoisotopic (exact) mass is 403 g/mol. The van der Waals surface area contributed by atoms with Crippen molar-refractivity contribution in [2.24, 2.45) is 5.41 Å². The van der Waals surface area contributed by atoms with E-state index in [2.05, 4.69) is 6.07 Å². The van der Waals surface area contributed by atoms with E-state index in [1.54, 1.807) is 24.9 Å². The maximum Gasteiger partial charge on any atom is 0.261 e. The molecule has 27 heavy (non-hydrogen) atoms. The van der Waals surface area contributed by atoms with Crippen LogP contribution in [0, 0.1) is 16.7 Å². The van der Waals surface area contributed by atoms with Gasteiger partial charge in [0, 0.05) is 13.5 Å². The van der Waals surface area contributed by atoms with Gasteiger partial charge in [-0.2, -0.15) is 5.26 Å². The van der Waals surface area contributed by atoms with Gasteiger partial charge in [-0.05, 0) is 31.5 Å². The van der Waals surface area contributed by atoms with Crippen molar-refractivity contribution in [2.45, 2.75) is 36.1 Å². The van der Waals surface area contributed by atoms with Crippen LogP contribution >= 0.6 is 21.6 Å². The second-order valence-corrected chi connectivity index (χ2v) is 10.5. The summed E-state index contributed by atoms with van der Waals surface area (Å²) in [6.45, 7) is 3.75. The van der Waals surface area contributed by atoms with Gasteiger partial charge in [-0.1, -0.05) is 27.7 Å². The van der Waals surface area contributed by atoms with Crippen molar-refractivity contribution in [3.05, 3.63) is 23.8 Å². The van der Waals surface area contributed by atoms with Gasteiger partial charge in [0.25, 0.3) is 11.8 Å². The highest BCUT2D eigenvalue weighted by atomic mass is 33.1. The third-order valence-electron chi connectivity index (χ3n) is 6.06. The van der Waals surface area contributed by atoms with E-state index < -0.39 is 21.2 Å². The molecule has 0 saturated carbocycles. The van der Waals surface area contributed by atoms with Crippen LogP contribution in [0.15, 0.2) is 18.2 Å². The van der Waals surface area contributed by atoms with Crippen LogP contribution in [-0.4, -0.2) is 45.2 Å². The van der Waals surface area contributed by atoms with Gasteiger partial charge >= 0.3 is 0 Å². The Morgan fingerprint density at radius 2 is 1.93 bits per heavy atom. The molecule has 0 unspecified atom stereocenters. The summed E-state index contributed by atoms with van der Waals surface area (Å²) in [5, 5.41) is 10.0. The Balaban J connectivity index is 1.71. The quantitative estimate of drug-likeness (QED) is 0.666. The van der Waals surface area contributed by atoms with Gasteiger partial charge in [-0.25, -0.2) is 0 Å². The van der Waals surface area contributed by atoms with E-state index >= 15 is 0 Å². The van der Waals surface area contributed by atoms with E-state index in [1.165, 1.54) is 26.5 Å². The highest BCUT2D eigenvalue weighted by Gasteiger charge is 2.74. The van der Waals surface area contributed by atoms with Crippen LogP contribution in [0.3, 0.4) is 0 Å². The summed E-state index contributed by atoms with van der Waals surface area (Å²) in [5.41, 5.74) is -0.117. The van der Waals surface area contributed by atoms with E-state index in [1.807, 2.05) is 19.1 Å². The van der Waals surface area contributed by atoms with Crippen molar-refractivity contribution in [1.82, 2.24) is 9.80 Å². The van der Waals surface area contributed by atoms with Crippen molar-refractivity contribution >= 4 is 33.4 Å². The Hall–Kier alpha value is -2.05. The predicted molar refractivity (Wildman–Crippen MR) is 99.6 cm³/mol. The first-order chi connectivity index (χ1) is 12.8. The maximum atomic E-state index is 13.5. The molecule has 4 fully saturated rings. The summed E-state index contributed by atoms with van der Waals surface area (Å²) in [7, 11) is 4.49.